The molecule has 0 N–H and O–H groups in total. The van der Waals surface area contributed by atoms with Gasteiger partial charge in [-0.05, 0) is 54.4 Å². The molecule has 2 aliphatic heterocycles. The lowest BCUT2D eigenvalue weighted by Crippen LogP contribution is -2.46. The SMILES string of the molecule is COc1cc2c(cc1OC)[C@H]1CC(=O)[C@H](CCC(C)(C)CCF)CN1CC2. The van der Waals surface area contributed by atoms with E-state index in [-0.39, 0.29) is 24.0 Å². The number of benzene rings is 1. The molecule has 3 rings (SSSR count). The second-order valence-corrected chi connectivity index (χ2v) is 8.68. The minimum Gasteiger partial charge on any atom is -0.493 e. The normalized spacial score (nSPS) is 22.9. The van der Waals surface area contributed by atoms with Crippen LogP contribution in [0.2, 0.25) is 0 Å². The van der Waals surface area contributed by atoms with Crippen molar-refractivity contribution in [3.05, 3.63) is 23.3 Å². The number of ketones is 1. The average Bonchev–Trinajstić information content (AvgIpc) is 2.65. The summed E-state index contributed by atoms with van der Waals surface area (Å²) in [6, 6.07) is 4.24. The summed E-state index contributed by atoms with van der Waals surface area (Å²) >= 11 is 0. The van der Waals surface area contributed by atoms with Crippen LogP contribution in [-0.2, 0) is 11.2 Å². The highest BCUT2D eigenvalue weighted by molar-refractivity contribution is 5.83. The topological polar surface area (TPSA) is 38.8 Å². The van der Waals surface area contributed by atoms with E-state index in [0.717, 1.165) is 43.9 Å². The number of alkyl halides is 1. The number of fused-ring (bicyclic) bond motifs is 3. The molecule has 1 fully saturated rings. The fourth-order valence-electron chi connectivity index (χ4n) is 4.48. The van der Waals surface area contributed by atoms with Gasteiger partial charge in [-0.2, -0.15) is 0 Å². The number of ether oxygens (including phenoxy) is 2. The monoisotopic (exact) mass is 377 g/mol. The number of Topliss-reactive ketones (excluding diaryl/α,β-unsaturated/α-hetero) is 1. The fraction of sp³-hybridized carbons (Fsp3) is 0.682. The number of carbonyl (C=O) groups excluding carboxylic acids is 1. The maximum absolute atomic E-state index is 12.9. The minimum atomic E-state index is -0.290. The van der Waals surface area contributed by atoms with E-state index in [1.54, 1.807) is 14.2 Å². The summed E-state index contributed by atoms with van der Waals surface area (Å²) in [4.78, 5) is 15.3. The Hall–Kier alpha value is -1.62. The molecule has 2 heterocycles. The van der Waals surface area contributed by atoms with Gasteiger partial charge in [0.25, 0.3) is 0 Å². The molecule has 1 saturated heterocycles. The van der Waals surface area contributed by atoms with Crippen LogP contribution in [0.5, 0.6) is 11.5 Å². The molecule has 2 atom stereocenters. The molecule has 5 heteroatoms. The molecule has 150 valence electrons. The Kier molecular flexibility index (Phi) is 6.09. The van der Waals surface area contributed by atoms with Crippen LogP contribution >= 0.6 is 0 Å². The summed E-state index contributed by atoms with van der Waals surface area (Å²) < 4.78 is 23.6. The van der Waals surface area contributed by atoms with Gasteiger partial charge in [0.15, 0.2) is 11.5 Å². The zero-order chi connectivity index (χ0) is 19.6. The van der Waals surface area contributed by atoms with Crippen molar-refractivity contribution in [2.75, 3.05) is 34.0 Å². The number of carbonyl (C=O) groups is 1. The molecular weight excluding hydrogens is 345 g/mol. The molecule has 2 aliphatic rings. The van der Waals surface area contributed by atoms with Gasteiger partial charge in [0.1, 0.15) is 5.78 Å². The van der Waals surface area contributed by atoms with Crippen LogP contribution in [0.4, 0.5) is 4.39 Å². The van der Waals surface area contributed by atoms with Crippen LogP contribution in [-0.4, -0.2) is 44.7 Å². The second kappa shape index (κ2) is 8.17. The van der Waals surface area contributed by atoms with Crippen molar-refractivity contribution in [2.45, 2.75) is 52.0 Å². The zero-order valence-corrected chi connectivity index (χ0v) is 17.0. The molecule has 1 aromatic rings. The van der Waals surface area contributed by atoms with Gasteiger partial charge < -0.3 is 9.47 Å². The van der Waals surface area contributed by atoms with Gasteiger partial charge in [0, 0.05) is 31.5 Å². The first-order valence-electron chi connectivity index (χ1n) is 9.96. The fourth-order valence-corrected chi connectivity index (χ4v) is 4.48. The highest BCUT2D eigenvalue weighted by atomic mass is 19.1. The molecule has 0 saturated carbocycles. The molecule has 0 bridgehead atoms. The molecule has 0 unspecified atom stereocenters. The summed E-state index contributed by atoms with van der Waals surface area (Å²) in [5.41, 5.74) is 2.41. The number of rotatable bonds is 7. The Morgan fingerprint density at radius 3 is 2.56 bits per heavy atom. The van der Waals surface area contributed by atoms with Crippen molar-refractivity contribution in [2.24, 2.45) is 11.3 Å². The van der Waals surface area contributed by atoms with E-state index >= 15 is 0 Å². The van der Waals surface area contributed by atoms with Gasteiger partial charge >= 0.3 is 0 Å². The largest absolute Gasteiger partial charge is 0.493 e. The van der Waals surface area contributed by atoms with Crippen LogP contribution in [0.3, 0.4) is 0 Å². The maximum atomic E-state index is 12.9. The van der Waals surface area contributed by atoms with Crippen LogP contribution in [0.15, 0.2) is 12.1 Å². The number of halogens is 1. The molecule has 1 aromatic carbocycles. The van der Waals surface area contributed by atoms with Gasteiger partial charge in [0.05, 0.1) is 20.9 Å². The first kappa shape index (κ1) is 20.1. The quantitative estimate of drug-likeness (QED) is 0.708. The van der Waals surface area contributed by atoms with Crippen molar-refractivity contribution in [1.29, 1.82) is 0 Å². The van der Waals surface area contributed by atoms with Gasteiger partial charge in [0.2, 0.25) is 0 Å². The van der Waals surface area contributed by atoms with Gasteiger partial charge in [-0.1, -0.05) is 13.8 Å². The molecule has 0 spiro atoms. The summed E-state index contributed by atoms with van der Waals surface area (Å²) in [5, 5.41) is 0. The number of hydrogen-bond donors (Lipinski definition) is 0. The molecule has 4 nitrogen and oxygen atoms in total. The Morgan fingerprint density at radius 1 is 1.19 bits per heavy atom. The lowest BCUT2D eigenvalue weighted by molar-refractivity contribution is -0.129. The number of methoxy groups -OCH3 is 2. The molecular formula is C22H32FNO3. The van der Waals surface area contributed by atoms with E-state index in [4.69, 9.17) is 9.47 Å². The molecule has 0 aliphatic carbocycles. The molecule has 0 aromatic heterocycles. The average molecular weight is 378 g/mol. The predicted molar refractivity (Wildman–Crippen MR) is 104 cm³/mol. The third-order valence-corrected chi connectivity index (χ3v) is 6.36. The lowest BCUT2D eigenvalue weighted by atomic mass is 9.77. The van der Waals surface area contributed by atoms with Crippen molar-refractivity contribution < 1.29 is 18.7 Å². The summed E-state index contributed by atoms with van der Waals surface area (Å²) in [5.74, 6) is 1.89. The van der Waals surface area contributed by atoms with Crippen molar-refractivity contribution >= 4 is 5.78 Å². The number of nitrogens with zero attached hydrogens (tertiary/aromatic N) is 1. The van der Waals surface area contributed by atoms with Crippen LogP contribution < -0.4 is 9.47 Å². The van der Waals surface area contributed by atoms with E-state index in [2.05, 4.69) is 24.8 Å². The first-order valence-corrected chi connectivity index (χ1v) is 9.96. The van der Waals surface area contributed by atoms with Crippen LogP contribution in [0.25, 0.3) is 0 Å². The van der Waals surface area contributed by atoms with E-state index in [1.165, 1.54) is 11.1 Å². The standard InChI is InChI=1S/C22H32FNO3/c1-22(2,8-9-23)7-5-16-14-24-10-6-15-11-20(26-3)21(27-4)12-17(15)18(24)13-19(16)25/h11-12,16,18H,5-10,13-14H2,1-4H3/t16-,18-/m1/s1. The zero-order valence-electron chi connectivity index (χ0n) is 17.0. The van der Waals surface area contributed by atoms with E-state index < -0.39 is 0 Å². The van der Waals surface area contributed by atoms with E-state index in [9.17, 15) is 9.18 Å². The summed E-state index contributed by atoms with van der Waals surface area (Å²) in [6.07, 6.45) is 3.83. The van der Waals surface area contributed by atoms with Crippen molar-refractivity contribution in [1.82, 2.24) is 4.90 Å². The van der Waals surface area contributed by atoms with E-state index in [1.807, 2.05) is 6.07 Å². The Labute approximate surface area is 162 Å². The smallest absolute Gasteiger partial charge is 0.161 e. The number of hydrogen-bond acceptors (Lipinski definition) is 4. The second-order valence-electron chi connectivity index (χ2n) is 8.68. The van der Waals surface area contributed by atoms with Gasteiger partial charge in [-0.3, -0.25) is 14.1 Å². The minimum absolute atomic E-state index is 0.0374. The highest BCUT2D eigenvalue weighted by Crippen LogP contribution is 2.43. The third kappa shape index (κ3) is 4.29. The number of piperidine rings is 1. The summed E-state index contributed by atoms with van der Waals surface area (Å²) in [7, 11) is 3.30. The van der Waals surface area contributed by atoms with Gasteiger partial charge in [-0.25, -0.2) is 0 Å². The lowest BCUT2D eigenvalue weighted by Gasteiger charge is -2.43. The van der Waals surface area contributed by atoms with Crippen LogP contribution in [0, 0.1) is 11.3 Å². The van der Waals surface area contributed by atoms with E-state index in [0.29, 0.717) is 18.6 Å². The van der Waals surface area contributed by atoms with Crippen molar-refractivity contribution in [3.63, 3.8) is 0 Å². The molecule has 0 radical (unpaired) electrons. The Morgan fingerprint density at radius 2 is 1.89 bits per heavy atom. The Bertz CT molecular complexity index is 688. The third-order valence-electron chi connectivity index (χ3n) is 6.36. The molecule has 0 amide bonds. The predicted octanol–water partition coefficient (Wildman–Crippen LogP) is 4.36. The van der Waals surface area contributed by atoms with Crippen LogP contribution in [0.1, 0.15) is 56.7 Å². The first-order chi connectivity index (χ1) is 12.9. The highest BCUT2D eigenvalue weighted by Gasteiger charge is 2.38. The Balaban J connectivity index is 1.74. The van der Waals surface area contributed by atoms with Gasteiger partial charge in [-0.15, -0.1) is 0 Å². The van der Waals surface area contributed by atoms with Crippen molar-refractivity contribution in [3.8, 4) is 11.5 Å². The maximum Gasteiger partial charge on any atom is 0.161 e. The summed E-state index contributed by atoms with van der Waals surface area (Å²) in [6.45, 7) is 5.68. The molecule has 27 heavy (non-hydrogen) atoms.